The molecule has 0 saturated heterocycles. The lowest BCUT2D eigenvalue weighted by atomic mass is 9.85. The van der Waals surface area contributed by atoms with Crippen LogP contribution < -0.4 is 0 Å². The van der Waals surface area contributed by atoms with Gasteiger partial charge in [-0.2, -0.15) is 0 Å². The molecule has 1 unspecified atom stereocenters. The van der Waals surface area contributed by atoms with Gasteiger partial charge >= 0.3 is 5.97 Å². The van der Waals surface area contributed by atoms with E-state index < -0.39 is 16.5 Å². The van der Waals surface area contributed by atoms with E-state index in [-0.39, 0.29) is 0 Å². The highest BCUT2D eigenvalue weighted by Crippen LogP contribution is 2.31. The Morgan fingerprint density at radius 3 is 2.25 bits per heavy atom. The number of aliphatic carboxylic acids is 1. The van der Waals surface area contributed by atoms with Crippen LogP contribution in [0.4, 0.5) is 0 Å². The number of hydrogen-bond donors (Lipinski definition) is 1. The molecule has 0 bridgehead atoms. The normalized spacial score (nSPS) is 16.2. The van der Waals surface area contributed by atoms with Crippen LogP contribution in [0.25, 0.3) is 10.4 Å². The Hall–Kier alpha value is -1.00. The van der Waals surface area contributed by atoms with E-state index in [1.807, 2.05) is 0 Å². The Bertz CT molecular complexity index is 231. The average molecular weight is 187 g/mol. The van der Waals surface area contributed by atoms with Gasteiger partial charge in [-0.1, -0.05) is 12.0 Å². The van der Waals surface area contributed by atoms with Gasteiger partial charge in [0.1, 0.15) is 0 Å². The molecule has 6 heteroatoms. The first-order valence-corrected chi connectivity index (χ1v) is 4.55. The minimum absolute atomic E-state index is 0.513. The molecule has 0 radical (unpaired) electrons. The van der Waals surface area contributed by atoms with E-state index in [9.17, 15) is 4.79 Å². The van der Waals surface area contributed by atoms with Crippen LogP contribution in [0.5, 0.6) is 0 Å². The summed E-state index contributed by atoms with van der Waals surface area (Å²) in [6.45, 7) is 4.79. The largest absolute Gasteiger partial charge is 0.481 e. The van der Waals surface area contributed by atoms with Crippen molar-refractivity contribution in [3.8, 4) is 0 Å². The van der Waals surface area contributed by atoms with Crippen LogP contribution in [0.2, 0.25) is 0 Å². The Morgan fingerprint density at radius 2 is 2.00 bits per heavy atom. The SMILES string of the molecule is CC([SiH3])(N=[N+]=[N-])C(C)(C)C(=O)O. The van der Waals surface area contributed by atoms with E-state index in [4.69, 9.17) is 10.6 Å². The Balaban J connectivity index is 5.00. The molecule has 1 N–H and O–H groups in total. The summed E-state index contributed by atoms with van der Waals surface area (Å²) in [5, 5.41) is 11.6. The zero-order chi connectivity index (χ0) is 9.99. The third-order valence-corrected chi connectivity index (χ3v) is 3.81. The van der Waals surface area contributed by atoms with Gasteiger partial charge in [-0.05, 0) is 19.4 Å². The van der Waals surface area contributed by atoms with E-state index in [1.54, 1.807) is 20.8 Å². The van der Waals surface area contributed by atoms with Crippen molar-refractivity contribution < 1.29 is 9.90 Å². The molecular formula is C6H13N3O2Si. The molecule has 5 nitrogen and oxygen atoms in total. The van der Waals surface area contributed by atoms with Gasteiger partial charge in [0.05, 0.1) is 5.41 Å². The molecule has 0 heterocycles. The maximum atomic E-state index is 10.8. The highest BCUT2D eigenvalue weighted by atomic mass is 28.1. The summed E-state index contributed by atoms with van der Waals surface area (Å²) >= 11 is 0. The van der Waals surface area contributed by atoms with E-state index in [0.29, 0.717) is 10.2 Å². The predicted molar refractivity (Wildman–Crippen MR) is 48.9 cm³/mol. The second-order valence-corrected chi connectivity index (χ2v) is 5.63. The smallest absolute Gasteiger partial charge is 0.309 e. The first kappa shape index (κ1) is 11.0. The van der Waals surface area contributed by atoms with Crippen molar-refractivity contribution in [1.29, 1.82) is 0 Å². The Kier molecular flexibility index (Phi) is 2.90. The predicted octanol–water partition coefficient (Wildman–Crippen LogP) is 0.489. The molecule has 0 aliphatic carbocycles. The molecule has 0 fully saturated rings. The van der Waals surface area contributed by atoms with E-state index >= 15 is 0 Å². The fraction of sp³-hybridized carbons (Fsp3) is 0.833. The molecule has 0 saturated carbocycles. The lowest BCUT2D eigenvalue weighted by molar-refractivity contribution is -0.148. The van der Waals surface area contributed by atoms with Gasteiger partial charge in [0, 0.05) is 20.3 Å². The van der Waals surface area contributed by atoms with Gasteiger partial charge in [0.15, 0.2) is 0 Å². The first-order chi connectivity index (χ1) is 5.25. The third-order valence-electron chi connectivity index (χ3n) is 2.36. The van der Waals surface area contributed by atoms with Crippen LogP contribution >= 0.6 is 0 Å². The Morgan fingerprint density at radius 1 is 1.58 bits per heavy atom. The zero-order valence-corrected chi connectivity index (χ0v) is 9.70. The molecule has 12 heavy (non-hydrogen) atoms. The maximum Gasteiger partial charge on any atom is 0.309 e. The minimum atomic E-state index is -0.995. The van der Waals surface area contributed by atoms with Crippen LogP contribution in [-0.4, -0.2) is 26.5 Å². The standard InChI is InChI=1S/C6H13N3O2Si/c1-5(2,4(10)11)6(3,12)8-9-7/h1-3,12H3,(H,10,11). The third kappa shape index (κ3) is 1.78. The molecule has 0 aliphatic heterocycles. The lowest BCUT2D eigenvalue weighted by Gasteiger charge is -2.33. The number of carboxylic acid groups (broad SMARTS) is 1. The van der Waals surface area contributed by atoms with Crippen molar-refractivity contribution in [2.75, 3.05) is 0 Å². The molecular weight excluding hydrogens is 174 g/mol. The number of rotatable bonds is 3. The highest BCUT2D eigenvalue weighted by Gasteiger charge is 2.42. The second-order valence-electron chi connectivity index (χ2n) is 3.68. The van der Waals surface area contributed by atoms with Crippen molar-refractivity contribution in [3.05, 3.63) is 10.4 Å². The lowest BCUT2D eigenvalue weighted by Crippen LogP contribution is -2.46. The second kappa shape index (κ2) is 3.16. The van der Waals surface area contributed by atoms with Crippen molar-refractivity contribution in [2.45, 2.75) is 25.9 Å². The average Bonchev–Trinajstić information content (AvgIpc) is 1.86. The molecule has 0 spiro atoms. The van der Waals surface area contributed by atoms with Crippen LogP contribution in [0.3, 0.4) is 0 Å². The van der Waals surface area contributed by atoms with Gasteiger partial charge in [0.25, 0.3) is 0 Å². The molecule has 68 valence electrons. The quantitative estimate of drug-likeness (QED) is 0.302. The number of azide groups is 1. The molecule has 0 aromatic heterocycles. The Labute approximate surface area is 73.8 Å². The molecule has 1 atom stereocenters. The van der Waals surface area contributed by atoms with Gasteiger partial charge in [0.2, 0.25) is 0 Å². The fourth-order valence-corrected chi connectivity index (χ4v) is 0.802. The van der Waals surface area contributed by atoms with Crippen molar-refractivity contribution in [1.82, 2.24) is 0 Å². The summed E-state index contributed by atoms with van der Waals surface area (Å²) in [7, 11) is 0.513. The van der Waals surface area contributed by atoms with Crippen LogP contribution in [0.15, 0.2) is 5.11 Å². The van der Waals surface area contributed by atoms with Crippen molar-refractivity contribution in [3.63, 3.8) is 0 Å². The summed E-state index contributed by atoms with van der Waals surface area (Å²) in [6, 6.07) is 0. The summed E-state index contributed by atoms with van der Waals surface area (Å²) in [5.41, 5.74) is 7.24. The van der Waals surface area contributed by atoms with Gasteiger partial charge in [-0.25, -0.2) is 0 Å². The molecule has 0 rings (SSSR count). The van der Waals surface area contributed by atoms with Gasteiger partial charge in [-0.15, -0.1) is 0 Å². The maximum absolute atomic E-state index is 10.8. The zero-order valence-electron chi connectivity index (χ0n) is 7.70. The summed E-state index contributed by atoms with van der Waals surface area (Å²) < 4.78 is 0. The van der Waals surface area contributed by atoms with Crippen LogP contribution in [0.1, 0.15) is 20.8 Å². The highest BCUT2D eigenvalue weighted by molar-refractivity contribution is 6.17. The fourth-order valence-electron chi connectivity index (χ4n) is 0.498. The summed E-state index contributed by atoms with van der Waals surface area (Å²) in [4.78, 5) is 13.4. The molecule has 0 aromatic carbocycles. The van der Waals surface area contributed by atoms with Crippen LogP contribution in [-0.2, 0) is 4.79 Å². The first-order valence-electron chi connectivity index (χ1n) is 3.55. The number of carboxylic acids is 1. The topological polar surface area (TPSA) is 86.1 Å². The van der Waals surface area contributed by atoms with E-state index in [2.05, 4.69) is 10.0 Å². The molecule has 0 aromatic rings. The summed E-state index contributed by atoms with van der Waals surface area (Å²) in [6.07, 6.45) is 0. The molecule has 0 aliphatic rings. The minimum Gasteiger partial charge on any atom is -0.481 e. The monoisotopic (exact) mass is 187 g/mol. The summed E-state index contributed by atoms with van der Waals surface area (Å²) in [5.74, 6) is -0.938. The number of hydrogen-bond acceptors (Lipinski definition) is 2. The van der Waals surface area contributed by atoms with Gasteiger partial charge < -0.3 is 5.11 Å². The van der Waals surface area contributed by atoms with E-state index in [0.717, 1.165) is 0 Å². The van der Waals surface area contributed by atoms with Crippen LogP contribution in [0, 0.1) is 5.41 Å². The molecule has 0 amide bonds. The van der Waals surface area contributed by atoms with E-state index in [1.165, 1.54) is 0 Å². The van der Waals surface area contributed by atoms with Crippen molar-refractivity contribution in [2.24, 2.45) is 10.5 Å². The number of carbonyl (C=O) groups is 1. The van der Waals surface area contributed by atoms with Gasteiger partial charge in [-0.3, -0.25) is 4.79 Å². The number of nitrogens with zero attached hydrogens (tertiary/aromatic N) is 3. The van der Waals surface area contributed by atoms with Crippen molar-refractivity contribution >= 4 is 16.2 Å².